The summed E-state index contributed by atoms with van der Waals surface area (Å²) < 4.78 is 29.7. The number of sulfone groups is 1. The number of benzene rings is 2. The fraction of sp³-hybridized carbons (Fsp3) is 0.478. The van der Waals surface area contributed by atoms with Gasteiger partial charge in [0.05, 0.1) is 11.5 Å². The lowest BCUT2D eigenvalue weighted by Gasteiger charge is -2.30. The Hall–Kier alpha value is -1.89. The van der Waals surface area contributed by atoms with Crippen LogP contribution < -0.4 is 4.74 Å². The zero-order valence-corrected chi connectivity index (χ0v) is 18.0. The summed E-state index contributed by atoms with van der Waals surface area (Å²) in [6.45, 7) is 5.48. The van der Waals surface area contributed by atoms with Crippen LogP contribution in [0.15, 0.2) is 54.6 Å². The predicted molar refractivity (Wildman–Crippen MR) is 116 cm³/mol. The van der Waals surface area contributed by atoms with Crippen molar-refractivity contribution in [2.75, 3.05) is 24.7 Å². The summed E-state index contributed by atoms with van der Waals surface area (Å²) in [5.74, 6) is 1.56. The van der Waals surface area contributed by atoms with Crippen molar-refractivity contribution in [1.82, 2.24) is 4.90 Å². The van der Waals surface area contributed by atoms with Gasteiger partial charge >= 0.3 is 0 Å². The van der Waals surface area contributed by atoms with Crippen molar-refractivity contribution in [3.63, 3.8) is 0 Å². The highest BCUT2D eigenvalue weighted by Gasteiger charge is 2.33. The molecule has 0 bridgehead atoms. The van der Waals surface area contributed by atoms with E-state index in [-0.39, 0.29) is 24.2 Å². The van der Waals surface area contributed by atoms with E-state index in [2.05, 4.69) is 43.0 Å². The maximum atomic E-state index is 12.0. The normalized spacial score (nSPS) is 19.6. The zero-order valence-electron chi connectivity index (χ0n) is 17.2. The van der Waals surface area contributed by atoms with Gasteiger partial charge in [-0.1, -0.05) is 56.3 Å². The Morgan fingerprint density at radius 1 is 1.10 bits per heavy atom. The van der Waals surface area contributed by atoms with Crippen LogP contribution in [0.1, 0.15) is 37.3 Å². The topological polar surface area (TPSA) is 66.8 Å². The maximum absolute atomic E-state index is 12.0. The van der Waals surface area contributed by atoms with Gasteiger partial charge in [-0.25, -0.2) is 8.42 Å². The summed E-state index contributed by atoms with van der Waals surface area (Å²) in [5, 5.41) is 10.6. The number of para-hydroxylation sites is 1. The first-order valence-electron chi connectivity index (χ1n) is 10.2. The molecule has 3 rings (SSSR count). The van der Waals surface area contributed by atoms with Crippen LogP contribution in [0.4, 0.5) is 0 Å². The first kappa shape index (κ1) is 21.8. The summed E-state index contributed by atoms with van der Waals surface area (Å²) >= 11 is 0. The van der Waals surface area contributed by atoms with E-state index < -0.39 is 15.9 Å². The highest BCUT2D eigenvalue weighted by Crippen LogP contribution is 2.22. The molecule has 0 aliphatic carbocycles. The van der Waals surface area contributed by atoms with E-state index in [4.69, 9.17) is 4.74 Å². The zero-order chi connectivity index (χ0) is 20.9. The number of hydrogen-bond acceptors (Lipinski definition) is 5. The first-order valence-corrected chi connectivity index (χ1v) is 12.0. The van der Waals surface area contributed by atoms with Crippen LogP contribution in [0.3, 0.4) is 0 Å². The molecule has 1 heterocycles. The van der Waals surface area contributed by atoms with Crippen molar-refractivity contribution in [3.05, 3.63) is 65.7 Å². The van der Waals surface area contributed by atoms with Crippen LogP contribution in [0.5, 0.6) is 5.75 Å². The van der Waals surface area contributed by atoms with Crippen LogP contribution in [-0.4, -0.2) is 55.2 Å². The molecule has 158 valence electrons. The molecular formula is C23H31NO4S. The molecule has 0 spiro atoms. The van der Waals surface area contributed by atoms with E-state index in [9.17, 15) is 13.5 Å². The lowest BCUT2D eigenvalue weighted by Crippen LogP contribution is -2.42. The van der Waals surface area contributed by atoms with E-state index in [0.717, 1.165) is 5.56 Å². The van der Waals surface area contributed by atoms with Crippen molar-refractivity contribution in [2.45, 2.75) is 44.9 Å². The number of hydrogen-bond donors (Lipinski definition) is 1. The number of nitrogens with zero attached hydrogens (tertiary/aromatic N) is 1. The molecule has 2 aromatic carbocycles. The van der Waals surface area contributed by atoms with Crippen LogP contribution in [0.25, 0.3) is 0 Å². The van der Waals surface area contributed by atoms with Crippen LogP contribution in [-0.2, 0) is 16.4 Å². The Morgan fingerprint density at radius 3 is 2.38 bits per heavy atom. The second kappa shape index (κ2) is 9.74. The van der Waals surface area contributed by atoms with Crippen LogP contribution >= 0.6 is 0 Å². The van der Waals surface area contributed by atoms with Gasteiger partial charge in [0.15, 0.2) is 9.84 Å². The molecule has 2 atom stereocenters. The van der Waals surface area contributed by atoms with Gasteiger partial charge in [0, 0.05) is 19.1 Å². The standard InChI is InChI=1S/C23H31NO4S/c1-18(2)20-10-8-19(9-11-20)14-24(21-12-13-29(26,27)17-21)15-22(25)16-28-23-6-4-3-5-7-23/h3-11,18,21-22,25H,12-17H2,1-2H3. The maximum Gasteiger partial charge on any atom is 0.151 e. The van der Waals surface area contributed by atoms with Gasteiger partial charge in [-0.15, -0.1) is 0 Å². The van der Waals surface area contributed by atoms with Crippen molar-refractivity contribution in [1.29, 1.82) is 0 Å². The van der Waals surface area contributed by atoms with Crippen molar-refractivity contribution in [2.24, 2.45) is 0 Å². The average molecular weight is 418 g/mol. The van der Waals surface area contributed by atoms with E-state index in [1.807, 2.05) is 30.3 Å². The second-order valence-corrected chi connectivity index (χ2v) is 10.4. The Kier molecular flexibility index (Phi) is 7.33. The second-order valence-electron chi connectivity index (χ2n) is 8.16. The Bertz CT molecular complexity index is 866. The Balaban J connectivity index is 1.65. The molecule has 0 radical (unpaired) electrons. The van der Waals surface area contributed by atoms with Gasteiger partial charge in [-0.3, -0.25) is 4.90 Å². The van der Waals surface area contributed by atoms with Gasteiger partial charge in [0.1, 0.15) is 18.5 Å². The minimum absolute atomic E-state index is 0.0730. The molecule has 5 nitrogen and oxygen atoms in total. The number of aliphatic hydroxyl groups excluding tert-OH is 1. The summed E-state index contributed by atoms with van der Waals surface area (Å²) in [7, 11) is -3.00. The van der Waals surface area contributed by atoms with Gasteiger partial charge < -0.3 is 9.84 Å². The largest absolute Gasteiger partial charge is 0.491 e. The molecule has 1 aliphatic heterocycles. The predicted octanol–water partition coefficient (Wildman–Crippen LogP) is 3.24. The van der Waals surface area contributed by atoms with Gasteiger partial charge in [0.25, 0.3) is 0 Å². The van der Waals surface area contributed by atoms with Crippen molar-refractivity contribution in [3.8, 4) is 5.75 Å². The van der Waals surface area contributed by atoms with E-state index in [1.54, 1.807) is 0 Å². The SMILES string of the molecule is CC(C)c1ccc(CN(CC(O)COc2ccccc2)C2CCS(=O)(=O)C2)cc1. The third-order valence-electron chi connectivity index (χ3n) is 5.39. The lowest BCUT2D eigenvalue weighted by atomic mass is 10.0. The fourth-order valence-corrected chi connectivity index (χ4v) is 5.44. The molecule has 2 unspecified atom stereocenters. The molecule has 6 heteroatoms. The molecule has 0 amide bonds. The molecule has 0 saturated carbocycles. The van der Waals surface area contributed by atoms with Crippen molar-refractivity contribution < 1.29 is 18.3 Å². The summed E-state index contributed by atoms with van der Waals surface area (Å²) in [4.78, 5) is 2.09. The molecule has 0 aromatic heterocycles. The van der Waals surface area contributed by atoms with Crippen LogP contribution in [0, 0.1) is 0 Å². The molecule has 1 aliphatic rings. The lowest BCUT2D eigenvalue weighted by molar-refractivity contribution is 0.0525. The van der Waals surface area contributed by atoms with Crippen molar-refractivity contribution >= 4 is 9.84 Å². The average Bonchev–Trinajstić information content (AvgIpc) is 3.07. The smallest absolute Gasteiger partial charge is 0.151 e. The van der Waals surface area contributed by atoms with E-state index in [1.165, 1.54) is 5.56 Å². The monoisotopic (exact) mass is 417 g/mol. The molecular weight excluding hydrogens is 386 g/mol. The third kappa shape index (κ3) is 6.56. The molecule has 29 heavy (non-hydrogen) atoms. The van der Waals surface area contributed by atoms with Gasteiger partial charge in [0.2, 0.25) is 0 Å². The highest BCUT2D eigenvalue weighted by atomic mass is 32.2. The van der Waals surface area contributed by atoms with Crippen LogP contribution in [0.2, 0.25) is 0 Å². The van der Waals surface area contributed by atoms with E-state index in [0.29, 0.717) is 31.2 Å². The Morgan fingerprint density at radius 2 is 1.79 bits per heavy atom. The third-order valence-corrected chi connectivity index (χ3v) is 7.14. The summed E-state index contributed by atoms with van der Waals surface area (Å²) in [6, 6.07) is 17.8. The molecule has 2 aromatic rings. The Labute approximate surface area is 174 Å². The highest BCUT2D eigenvalue weighted by molar-refractivity contribution is 7.91. The molecule has 1 N–H and O–H groups in total. The number of rotatable bonds is 9. The number of aliphatic hydroxyl groups is 1. The van der Waals surface area contributed by atoms with Gasteiger partial charge in [-0.05, 0) is 35.6 Å². The van der Waals surface area contributed by atoms with Gasteiger partial charge in [-0.2, -0.15) is 0 Å². The molecule has 1 fully saturated rings. The fourth-order valence-electron chi connectivity index (χ4n) is 3.68. The minimum Gasteiger partial charge on any atom is -0.491 e. The molecule has 1 saturated heterocycles. The minimum atomic E-state index is -3.00. The summed E-state index contributed by atoms with van der Waals surface area (Å²) in [6.07, 6.45) is -0.0907. The first-order chi connectivity index (χ1) is 13.8. The number of ether oxygens (including phenoxy) is 1. The van der Waals surface area contributed by atoms with E-state index >= 15 is 0 Å². The quantitative estimate of drug-likeness (QED) is 0.678. The summed E-state index contributed by atoms with van der Waals surface area (Å²) in [5.41, 5.74) is 2.40.